The Morgan fingerprint density at radius 3 is 2.67 bits per heavy atom. The zero-order valence-corrected chi connectivity index (χ0v) is 17.8. The van der Waals surface area contributed by atoms with E-state index in [1.54, 1.807) is 23.5 Å². The lowest BCUT2D eigenvalue weighted by molar-refractivity contribution is 0.415. The number of ether oxygens (including phenoxy) is 1. The molecule has 0 fully saturated rings. The van der Waals surface area contributed by atoms with E-state index in [-0.39, 0.29) is 5.25 Å². The van der Waals surface area contributed by atoms with Gasteiger partial charge in [0.1, 0.15) is 11.4 Å². The second-order valence-corrected chi connectivity index (χ2v) is 8.51. The molecule has 3 heterocycles. The summed E-state index contributed by atoms with van der Waals surface area (Å²) in [6.07, 6.45) is 0. The molecule has 1 aliphatic heterocycles. The van der Waals surface area contributed by atoms with Crippen molar-refractivity contribution in [3.05, 3.63) is 65.2 Å². The van der Waals surface area contributed by atoms with E-state index in [0.29, 0.717) is 10.8 Å². The smallest absolute Gasteiger partial charge is 0.213 e. The maximum absolute atomic E-state index is 6.11. The molecule has 0 aliphatic carbocycles. The number of methoxy groups -OCH3 is 1. The molecule has 150 valence electrons. The number of rotatable bonds is 4. The van der Waals surface area contributed by atoms with Gasteiger partial charge in [0.15, 0.2) is 0 Å². The number of H-pyrrole nitrogens is 1. The highest BCUT2D eigenvalue weighted by molar-refractivity contribution is 8.00. The van der Waals surface area contributed by atoms with Crippen molar-refractivity contribution in [2.24, 2.45) is 5.10 Å². The predicted octanol–water partition coefficient (Wildman–Crippen LogP) is 4.74. The van der Waals surface area contributed by atoms with Crippen LogP contribution in [0.4, 0.5) is 0 Å². The molecule has 7 nitrogen and oxygen atoms in total. The average Bonchev–Trinajstić information content (AvgIpc) is 3.40. The molecule has 1 atom stereocenters. The minimum atomic E-state index is 0.145. The monoisotopic (exact) mass is 436 g/mol. The van der Waals surface area contributed by atoms with Crippen LogP contribution in [-0.4, -0.2) is 43.1 Å². The predicted molar refractivity (Wildman–Crippen MR) is 118 cm³/mol. The summed E-state index contributed by atoms with van der Waals surface area (Å²) in [6.45, 7) is 2.11. The van der Waals surface area contributed by atoms with Gasteiger partial charge in [-0.1, -0.05) is 35.5 Å². The normalized spacial score (nSPS) is 15.6. The lowest BCUT2D eigenvalue weighted by Crippen LogP contribution is -2.21. The molecule has 4 aromatic rings. The highest BCUT2D eigenvalue weighted by atomic mass is 35.5. The number of aromatic nitrogens is 5. The Morgan fingerprint density at radius 2 is 1.90 bits per heavy atom. The molecule has 5 rings (SSSR count). The fourth-order valence-corrected chi connectivity index (χ4v) is 4.40. The van der Waals surface area contributed by atoms with E-state index in [0.717, 1.165) is 39.1 Å². The minimum Gasteiger partial charge on any atom is -0.497 e. The lowest BCUT2D eigenvalue weighted by Gasteiger charge is -2.19. The Bertz CT molecular complexity index is 1250. The van der Waals surface area contributed by atoms with Crippen LogP contribution in [0.5, 0.6) is 5.75 Å². The molecular formula is C21H17ClN6OS. The summed E-state index contributed by atoms with van der Waals surface area (Å²) in [6, 6.07) is 17.4. The number of thioether (sulfide) groups is 1. The van der Waals surface area contributed by atoms with Crippen LogP contribution in [0.3, 0.4) is 0 Å². The Balaban J connectivity index is 1.53. The van der Waals surface area contributed by atoms with Crippen LogP contribution in [0.15, 0.2) is 64.9 Å². The molecule has 30 heavy (non-hydrogen) atoms. The highest BCUT2D eigenvalue weighted by Crippen LogP contribution is 2.33. The third kappa shape index (κ3) is 3.38. The van der Waals surface area contributed by atoms with Crippen LogP contribution in [-0.2, 0) is 0 Å². The second-order valence-electron chi connectivity index (χ2n) is 6.77. The molecule has 2 aromatic heterocycles. The van der Waals surface area contributed by atoms with Gasteiger partial charge in [-0.05, 0) is 55.0 Å². The number of nitrogens with zero attached hydrogens (tertiary/aromatic N) is 5. The highest BCUT2D eigenvalue weighted by Gasteiger charge is 2.27. The maximum Gasteiger partial charge on any atom is 0.213 e. The summed E-state index contributed by atoms with van der Waals surface area (Å²) in [7, 11) is 1.66. The minimum absolute atomic E-state index is 0.145. The van der Waals surface area contributed by atoms with Gasteiger partial charge in [-0.3, -0.25) is 5.10 Å². The van der Waals surface area contributed by atoms with Gasteiger partial charge in [0, 0.05) is 10.6 Å². The van der Waals surface area contributed by atoms with Gasteiger partial charge < -0.3 is 4.74 Å². The number of fused-ring (bicyclic) bond motifs is 1. The second kappa shape index (κ2) is 7.62. The zero-order valence-electron chi connectivity index (χ0n) is 16.2. The quantitative estimate of drug-likeness (QED) is 0.499. The van der Waals surface area contributed by atoms with Crippen LogP contribution in [0, 0.1) is 0 Å². The molecule has 1 unspecified atom stereocenters. The van der Waals surface area contributed by atoms with Gasteiger partial charge in [-0.2, -0.15) is 14.9 Å². The van der Waals surface area contributed by atoms with E-state index in [4.69, 9.17) is 21.4 Å². The lowest BCUT2D eigenvalue weighted by atomic mass is 10.1. The summed E-state index contributed by atoms with van der Waals surface area (Å²) < 4.78 is 7.02. The fourth-order valence-electron chi connectivity index (χ4n) is 3.29. The van der Waals surface area contributed by atoms with E-state index < -0.39 is 0 Å². The first-order valence-corrected chi connectivity index (χ1v) is 10.6. The molecule has 0 saturated carbocycles. The van der Waals surface area contributed by atoms with Crippen molar-refractivity contribution < 1.29 is 4.74 Å². The Kier molecular flexibility index (Phi) is 4.80. The molecular weight excluding hydrogens is 420 g/mol. The first kappa shape index (κ1) is 18.9. The molecule has 0 spiro atoms. The van der Waals surface area contributed by atoms with E-state index in [2.05, 4.69) is 27.3 Å². The Morgan fingerprint density at radius 1 is 1.07 bits per heavy atom. The van der Waals surface area contributed by atoms with Crippen LogP contribution in [0.1, 0.15) is 12.5 Å². The van der Waals surface area contributed by atoms with E-state index in [1.165, 1.54) is 0 Å². The van der Waals surface area contributed by atoms with Crippen molar-refractivity contribution in [2.75, 3.05) is 7.11 Å². The van der Waals surface area contributed by atoms with Crippen molar-refractivity contribution in [2.45, 2.75) is 17.3 Å². The Labute approximate surface area is 182 Å². The number of hydrogen-bond acceptors (Lipinski definition) is 6. The van der Waals surface area contributed by atoms with Crippen LogP contribution in [0.2, 0.25) is 5.02 Å². The summed E-state index contributed by atoms with van der Waals surface area (Å²) in [5, 5.41) is 22.5. The SMILES string of the molecule is COc1ccc(C2=Nn3c(nnc3-c3cc(-c4cccc(Cl)c4)n[nH]3)SC2C)cc1. The molecule has 9 heteroatoms. The third-order valence-corrected chi connectivity index (χ3v) is 6.09. The summed E-state index contributed by atoms with van der Waals surface area (Å²) in [5.74, 6) is 1.42. The summed E-state index contributed by atoms with van der Waals surface area (Å²) in [4.78, 5) is 0. The molecule has 0 bridgehead atoms. The topological polar surface area (TPSA) is 81.0 Å². The molecule has 2 aromatic carbocycles. The van der Waals surface area contributed by atoms with Crippen molar-refractivity contribution in [3.63, 3.8) is 0 Å². The third-order valence-electron chi connectivity index (χ3n) is 4.81. The van der Waals surface area contributed by atoms with Gasteiger partial charge >= 0.3 is 0 Å². The van der Waals surface area contributed by atoms with E-state index in [9.17, 15) is 0 Å². The van der Waals surface area contributed by atoms with Gasteiger partial charge in [0.25, 0.3) is 0 Å². The van der Waals surface area contributed by atoms with Crippen molar-refractivity contribution in [1.29, 1.82) is 0 Å². The average molecular weight is 437 g/mol. The largest absolute Gasteiger partial charge is 0.497 e. The molecule has 0 radical (unpaired) electrons. The molecule has 1 N–H and O–H groups in total. The van der Waals surface area contributed by atoms with Crippen molar-refractivity contribution >= 4 is 29.1 Å². The van der Waals surface area contributed by atoms with Gasteiger partial charge in [0.2, 0.25) is 11.0 Å². The van der Waals surface area contributed by atoms with E-state index in [1.807, 2.05) is 54.6 Å². The fraction of sp³-hybridized carbons (Fsp3) is 0.143. The van der Waals surface area contributed by atoms with E-state index >= 15 is 0 Å². The molecule has 0 saturated heterocycles. The number of nitrogens with one attached hydrogen (secondary N) is 1. The first-order chi connectivity index (χ1) is 14.6. The summed E-state index contributed by atoms with van der Waals surface area (Å²) >= 11 is 7.73. The van der Waals surface area contributed by atoms with Gasteiger partial charge in [-0.25, -0.2) is 0 Å². The van der Waals surface area contributed by atoms with Crippen molar-refractivity contribution in [3.8, 4) is 28.5 Å². The van der Waals surface area contributed by atoms with Gasteiger partial charge in [0.05, 0.1) is 23.8 Å². The van der Waals surface area contributed by atoms with Crippen LogP contribution >= 0.6 is 23.4 Å². The van der Waals surface area contributed by atoms with Crippen LogP contribution in [0.25, 0.3) is 22.8 Å². The number of aromatic amines is 1. The van der Waals surface area contributed by atoms with Crippen LogP contribution < -0.4 is 4.74 Å². The number of hydrogen-bond donors (Lipinski definition) is 1. The number of benzene rings is 2. The molecule has 1 aliphatic rings. The summed E-state index contributed by atoms with van der Waals surface area (Å²) in [5.41, 5.74) is 4.42. The maximum atomic E-state index is 6.11. The standard InChI is InChI=1S/C21H17ClN6OS/c1-12-19(13-6-8-16(29-2)9-7-13)27-28-20(25-26-21(28)30-12)18-11-17(23-24-18)14-4-3-5-15(22)10-14/h3-12H,1-2H3,(H,23,24). The van der Waals surface area contributed by atoms with Crippen molar-refractivity contribution in [1.82, 2.24) is 25.1 Å². The van der Waals surface area contributed by atoms with Gasteiger partial charge in [-0.15, -0.1) is 10.2 Å². The molecule has 0 amide bonds. The number of halogens is 1. The first-order valence-electron chi connectivity index (χ1n) is 9.29. The Hall–Kier alpha value is -3.10. The zero-order chi connectivity index (χ0) is 20.7.